The van der Waals surface area contributed by atoms with Gasteiger partial charge in [0.15, 0.2) is 0 Å². The largest absolute Gasteiger partial charge is 0.300 e. The van der Waals surface area contributed by atoms with E-state index in [-0.39, 0.29) is 4.90 Å². The van der Waals surface area contributed by atoms with Crippen LogP contribution in [0.4, 0.5) is 0 Å². The van der Waals surface area contributed by atoms with Crippen molar-refractivity contribution in [3.8, 4) is 0 Å². The lowest BCUT2D eigenvalue weighted by Gasteiger charge is -2.24. The first-order valence-corrected chi connectivity index (χ1v) is 8.59. The molecule has 1 aliphatic rings. The molecule has 0 amide bonds. The predicted molar refractivity (Wildman–Crippen MR) is 81.0 cm³/mol. The Morgan fingerprint density at radius 2 is 1.70 bits per heavy atom. The number of nitrogens with zero attached hydrogens (tertiary/aromatic N) is 1. The molecule has 2 N–H and O–H groups in total. The van der Waals surface area contributed by atoms with Gasteiger partial charge in [-0.25, -0.2) is 13.6 Å². The van der Waals surface area contributed by atoms with Crippen molar-refractivity contribution >= 4 is 10.0 Å². The van der Waals surface area contributed by atoms with Crippen LogP contribution >= 0.6 is 0 Å². The molecule has 2 rings (SSSR count). The zero-order valence-corrected chi connectivity index (χ0v) is 12.5. The second-order valence-electron chi connectivity index (χ2n) is 5.23. The molecular weight excluding hydrogens is 272 g/mol. The Morgan fingerprint density at radius 3 is 2.30 bits per heavy atom. The van der Waals surface area contributed by atoms with E-state index in [2.05, 4.69) is 17.1 Å². The van der Waals surface area contributed by atoms with Crippen LogP contribution in [0.2, 0.25) is 0 Å². The van der Waals surface area contributed by atoms with Gasteiger partial charge < -0.3 is 0 Å². The molecule has 20 heavy (non-hydrogen) atoms. The van der Waals surface area contributed by atoms with E-state index in [1.807, 2.05) is 12.1 Å². The molecule has 0 spiro atoms. The Labute approximate surface area is 121 Å². The van der Waals surface area contributed by atoms with E-state index in [1.165, 1.54) is 32.4 Å². The van der Waals surface area contributed by atoms with Gasteiger partial charge in [-0.05, 0) is 50.0 Å². The molecule has 0 aromatic heterocycles. The number of likely N-dealkylation sites (tertiary alicyclic amines) is 1. The lowest BCUT2D eigenvalue weighted by Crippen LogP contribution is -2.29. The fraction of sp³-hybridized carbons (Fsp3) is 0.467. The first kappa shape index (κ1) is 15.2. The van der Waals surface area contributed by atoms with Gasteiger partial charge in [0.05, 0.1) is 4.90 Å². The van der Waals surface area contributed by atoms with Crippen molar-refractivity contribution in [2.75, 3.05) is 19.6 Å². The summed E-state index contributed by atoms with van der Waals surface area (Å²) in [5, 5.41) is 5.06. The van der Waals surface area contributed by atoms with Crippen LogP contribution in [0.5, 0.6) is 0 Å². The summed E-state index contributed by atoms with van der Waals surface area (Å²) in [6.07, 6.45) is 9.13. The lowest BCUT2D eigenvalue weighted by atomic mass is 10.1. The molecule has 1 saturated heterocycles. The Bertz CT molecular complexity index is 544. The summed E-state index contributed by atoms with van der Waals surface area (Å²) in [5.41, 5.74) is 1.09. The first-order chi connectivity index (χ1) is 9.55. The molecule has 0 aliphatic carbocycles. The SMILES string of the molecule is NS(=O)(=O)c1ccc(C/C=C\CN2CCCCC2)cc1. The minimum absolute atomic E-state index is 0.165. The van der Waals surface area contributed by atoms with Crippen molar-refractivity contribution in [1.29, 1.82) is 0 Å². The van der Waals surface area contributed by atoms with Gasteiger partial charge in [-0.3, -0.25) is 4.90 Å². The number of benzene rings is 1. The molecule has 0 saturated carbocycles. The lowest BCUT2D eigenvalue weighted by molar-refractivity contribution is 0.251. The smallest absolute Gasteiger partial charge is 0.238 e. The second kappa shape index (κ2) is 7.02. The molecule has 4 nitrogen and oxygen atoms in total. The normalized spacial score (nSPS) is 17.6. The van der Waals surface area contributed by atoms with Gasteiger partial charge in [0.1, 0.15) is 0 Å². The summed E-state index contributed by atoms with van der Waals surface area (Å²) >= 11 is 0. The Hall–Kier alpha value is -1.17. The number of hydrogen-bond donors (Lipinski definition) is 1. The third-order valence-corrected chi connectivity index (χ3v) is 4.51. The van der Waals surface area contributed by atoms with Crippen molar-refractivity contribution in [3.63, 3.8) is 0 Å². The topological polar surface area (TPSA) is 63.4 Å². The maximum atomic E-state index is 11.1. The van der Waals surface area contributed by atoms with Crippen molar-refractivity contribution in [2.24, 2.45) is 5.14 Å². The highest BCUT2D eigenvalue weighted by atomic mass is 32.2. The fourth-order valence-electron chi connectivity index (χ4n) is 2.40. The van der Waals surface area contributed by atoms with Gasteiger partial charge in [0.2, 0.25) is 10.0 Å². The molecule has 5 heteroatoms. The van der Waals surface area contributed by atoms with E-state index in [9.17, 15) is 8.42 Å². The average Bonchev–Trinajstić information content (AvgIpc) is 2.44. The van der Waals surface area contributed by atoms with Crippen molar-refractivity contribution in [3.05, 3.63) is 42.0 Å². The minimum Gasteiger partial charge on any atom is -0.300 e. The average molecular weight is 294 g/mol. The molecule has 0 unspecified atom stereocenters. The quantitative estimate of drug-likeness (QED) is 0.844. The monoisotopic (exact) mass is 294 g/mol. The number of sulfonamides is 1. The van der Waals surface area contributed by atoms with E-state index in [1.54, 1.807) is 12.1 Å². The number of primary sulfonamides is 1. The van der Waals surface area contributed by atoms with Gasteiger partial charge in [0, 0.05) is 6.54 Å². The summed E-state index contributed by atoms with van der Waals surface area (Å²) in [6, 6.07) is 6.74. The summed E-state index contributed by atoms with van der Waals surface area (Å²) < 4.78 is 22.3. The zero-order chi connectivity index (χ0) is 14.4. The molecule has 110 valence electrons. The molecule has 1 heterocycles. The maximum Gasteiger partial charge on any atom is 0.238 e. The minimum atomic E-state index is -3.58. The van der Waals surface area contributed by atoms with Crippen LogP contribution in [0.1, 0.15) is 24.8 Å². The molecule has 1 aromatic carbocycles. The van der Waals surface area contributed by atoms with Crippen molar-refractivity contribution in [2.45, 2.75) is 30.6 Å². The summed E-state index contributed by atoms with van der Waals surface area (Å²) in [4.78, 5) is 2.63. The van der Waals surface area contributed by atoms with Gasteiger partial charge in [-0.1, -0.05) is 30.7 Å². The summed E-state index contributed by atoms with van der Waals surface area (Å²) in [5.74, 6) is 0. The third-order valence-electron chi connectivity index (χ3n) is 3.58. The summed E-state index contributed by atoms with van der Waals surface area (Å²) in [7, 11) is -3.58. The van der Waals surface area contributed by atoms with Crippen LogP contribution in [0.3, 0.4) is 0 Å². The van der Waals surface area contributed by atoms with E-state index >= 15 is 0 Å². The number of nitrogens with two attached hydrogens (primary N) is 1. The van der Waals surface area contributed by atoms with Crippen LogP contribution in [0.15, 0.2) is 41.3 Å². The molecule has 1 aliphatic heterocycles. The Morgan fingerprint density at radius 1 is 1.05 bits per heavy atom. The number of hydrogen-bond acceptors (Lipinski definition) is 3. The van der Waals surface area contributed by atoms with Crippen molar-refractivity contribution < 1.29 is 8.42 Å². The molecule has 1 fully saturated rings. The number of rotatable bonds is 5. The van der Waals surface area contributed by atoms with Crippen LogP contribution in [-0.2, 0) is 16.4 Å². The Balaban J connectivity index is 1.81. The van der Waals surface area contributed by atoms with Crippen LogP contribution < -0.4 is 5.14 Å². The second-order valence-corrected chi connectivity index (χ2v) is 6.79. The summed E-state index contributed by atoms with van der Waals surface area (Å²) in [6.45, 7) is 3.41. The van der Waals surface area contributed by atoms with E-state index < -0.39 is 10.0 Å². The van der Waals surface area contributed by atoms with E-state index in [0.717, 1.165) is 18.5 Å². The molecule has 0 radical (unpaired) electrons. The highest BCUT2D eigenvalue weighted by Crippen LogP contribution is 2.10. The standard InChI is InChI=1S/C15H22N2O2S/c16-20(18,19)15-9-7-14(8-10-15)6-2-5-13-17-11-3-1-4-12-17/h2,5,7-10H,1,3-4,6,11-13H2,(H2,16,18,19)/b5-2-. The molecular formula is C15H22N2O2S. The van der Waals surface area contributed by atoms with Crippen LogP contribution in [0.25, 0.3) is 0 Å². The van der Waals surface area contributed by atoms with Gasteiger partial charge in [-0.2, -0.15) is 0 Å². The highest BCUT2D eigenvalue weighted by Gasteiger charge is 2.07. The highest BCUT2D eigenvalue weighted by molar-refractivity contribution is 7.89. The van der Waals surface area contributed by atoms with Crippen molar-refractivity contribution in [1.82, 2.24) is 4.90 Å². The molecule has 0 bridgehead atoms. The molecule has 0 atom stereocenters. The fourth-order valence-corrected chi connectivity index (χ4v) is 2.92. The van der Waals surface area contributed by atoms with Gasteiger partial charge in [0.25, 0.3) is 0 Å². The third kappa shape index (κ3) is 4.74. The van der Waals surface area contributed by atoms with E-state index in [4.69, 9.17) is 5.14 Å². The Kier molecular flexibility index (Phi) is 5.34. The van der Waals surface area contributed by atoms with E-state index in [0.29, 0.717) is 0 Å². The van der Waals surface area contributed by atoms with Crippen LogP contribution in [0, 0.1) is 0 Å². The maximum absolute atomic E-state index is 11.1. The van der Waals surface area contributed by atoms with Gasteiger partial charge >= 0.3 is 0 Å². The number of piperidine rings is 1. The first-order valence-electron chi connectivity index (χ1n) is 7.05. The van der Waals surface area contributed by atoms with Gasteiger partial charge in [-0.15, -0.1) is 0 Å². The zero-order valence-electron chi connectivity index (χ0n) is 11.7. The van der Waals surface area contributed by atoms with Crippen LogP contribution in [-0.4, -0.2) is 33.0 Å². The molecule has 1 aromatic rings. The predicted octanol–water partition coefficient (Wildman–Crippen LogP) is 1.92. The number of allylic oxidation sites excluding steroid dienone is 1.